The minimum Gasteiger partial charge on any atom is -0.487 e. The lowest BCUT2D eigenvalue weighted by atomic mass is 10.0. The summed E-state index contributed by atoms with van der Waals surface area (Å²) in [5.41, 5.74) is 2.24. The van der Waals surface area contributed by atoms with Gasteiger partial charge in [-0.3, -0.25) is 4.79 Å². The van der Waals surface area contributed by atoms with E-state index < -0.39 is 0 Å². The van der Waals surface area contributed by atoms with Crippen LogP contribution in [-0.4, -0.2) is 46.0 Å². The van der Waals surface area contributed by atoms with Gasteiger partial charge in [-0.1, -0.05) is 12.1 Å². The maximum atomic E-state index is 13.2. The smallest absolute Gasteiger partial charge is 0.254 e. The average Bonchev–Trinajstić information content (AvgIpc) is 3.22. The highest BCUT2D eigenvalue weighted by Crippen LogP contribution is 2.21. The lowest BCUT2D eigenvalue weighted by Crippen LogP contribution is -2.44. The van der Waals surface area contributed by atoms with Gasteiger partial charge in [-0.25, -0.2) is 4.98 Å². The van der Waals surface area contributed by atoms with E-state index in [0.29, 0.717) is 44.1 Å². The van der Waals surface area contributed by atoms with E-state index in [1.54, 1.807) is 12.1 Å². The number of pyridine rings is 1. The fraction of sp³-hybridized carbons (Fsp3) is 0.348. The SMILES string of the molecule is N#CCCN(C(=O)c1cccc(OCc2cn3ccccc3n2)c1)C1CCOCC1. The van der Waals surface area contributed by atoms with Gasteiger partial charge in [-0.2, -0.15) is 5.26 Å². The molecule has 0 bridgehead atoms. The van der Waals surface area contributed by atoms with Gasteiger partial charge in [-0.15, -0.1) is 0 Å². The maximum Gasteiger partial charge on any atom is 0.254 e. The average molecular weight is 404 g/mol. The molecule has 7 heteroatoms. The molecule has 2 aromatic heterocycles. The summed E-state index contributed by atoms with van der Waals surface area (Å²) in [7, 11) is 0. The predicted molar refractivity (Wildman–Crippen MR) is 111 cm³/mol. The predicted octanol–water partition coefficient (Wildman–Crippen LogP) is 3.45. The minimum atomic E-state index is -0.0738. The summed E-state index contributed by atoms with van der Waals surface area (Å²) in [6.45, 7) is 2.02. The van der Waals surface area contributed by atoms with Crippen LogP contribution in [0.2, 0.25) is 0 Å². The van der Waals surface area contributed by atoms with Gasteiger partial charge >= 0.3 is 0 Å². The molecule has 1 aliphatic heterocycles. The van der Waals surface area contributed by atoms with Crippen LogP contribution in [-0.2, 0) is 11.3 Å². The van der Waals surface area contributed by atoms with Gasteiger partial charge in [0.05, 0.1) is 18.2 Å². The summed E-state index contributed by atoms with van der Waals surface area (Å²) in [5.74, 6) is 0.542. The van der Waals surface area contributed by atoms with Crippen LogP contribution in [0.5, 0.6) is 5.75 Å². The topological polar surface area (TPSA) is 79.9 Å². The lowest BCUT2D eigenvalue weighted by molar-refractivity contribution is 0.0296. The van der Waals surface area contributed by atoms with Crippen molar-refractivity contribution in [2.24, 2.45) is 0 Å². The summed E-state index contributed by atoms with van der Waals surface area (Å²) in [5, 5.41) is 9.00. The van der Waals surface area contributed by atoms with Crippen LogP contribution >= 0.6 is 0 Å². The Kier molecular flexibility index (Phi) is 6.26. The molecule has 1 saturated heterocycles. The van der Waals surface area contributed by atoms with Gasteiger partial charge in [-0.05, 0) is 43.2 Å². The van der Waals surface area contributed by atoms with Gasteiger partial charge < -0.3 is 18.8 Å². The zero-order valence-electron chi connectivity index (χ0n) is 16.7. The standard InChI is InChI=1S/C23H24N4O3/c24-10-4-12-27(20-8-13-29-14-9-20)23(28)18-5-3-6-21(15-18)30-17-19-16-26-11-2-1-7-22(26)25-19/h1-3,5-7,11,15-16,20H,4,8-9,12-14,17H2. The molecule has 3 heterocycles. The molecule has 30 heavy (non-hydrogen) atoms. The van der Waals surface area contributed by atoms with Crippen LogP contribution in [0.25, 0.3) is 5.65 Å². The molecule has 0 unspecified atom stereocenters. The molecular formula is C23H24N4O3. The van der Waals surface area contributed by atoms with Crippen molar-refractivity contribution < 1.29 is 14.3 Å². The van der Waals surface area contributed by atoms with Crippen molar-refractivity contribution in [2.75, 3.05) is 19.8 Å². The summed E-state index contributed by atoms with van der Waals surface area (Å²) in [4.78, 5) is 19.5. The Balaban J connectivity index is 1.46. The molecule has 154 valence electrons. The van der Waals surface area contributed by atoms with E-state index in [-0.39, 0.29) is 11.9 Å². The molecule has 1 aliphatic rings. The van der Waals surface area contributed by atoms with Crippen molar-refractivity contribution in [3.63, 3.8) is 0 Å². The van der Waals surface area contributed by atoms with Gasteiger partial charge in [0.2, 0.25) is 0 Å². The van der Waals surface area contributed by atoms with Crippen molar-refractivity contribution in [1.29, 1.82) is 5.26 Å². The molecule has 0 radical (unpaired) electrons. The fourth-order valence-electron chi connectivity index (χ4n) is 3.72. The highest BCUT2D eigenvalue weighted by molar-refractivity contribution is 5.94. The largest absolute Gasteiger partial charge is 0.487 e. The molecular weight excluding hydrogens is 380 g/mol. The minimum absolute atomic E-state index is 0.0738. The number of hydrogen-bond acceptors (Lipinski definition) is 5. The van der Waals surface area contributed by atoms with E-state index in [1.165, 1.54) is 0 Å². The molecule has 3 aromatic rings. The van der Waals surface area contributed by atoms with E-state index in [2.05, 4.69) is 11.1 Å². The number of hydrogen-bond donors (Lipinski definition) is 0. The third kappa shape index (κ3) is 4.61. The molecule has 4 rings (SSSR count). The third-order valence-electron chi connectivity index (χ3n) is 5.24. The molecule has 1 aromatic carbocycles. The van der Waals surface area contributed by atoms with Crippen LogP contribution < -0.4 is 4.74 Å². The number of carbonyl (C=O) groups is 1. The number of nitrogens with zero attached hydrogens (tertiary/aromatic N) is 4. The molecule has 1 amide bonds. The number of carbonyl (C=O) groups excluding carboxylic acids is 1. The van der Waals surface area contributed by atoms with Gasteiger partial charge in [0, 0.05) is 43.8 Å². The number of rotatable bonds is 7. The molecule has 0 saturated carbocycles. The molecule has 0 aliphatic carbocycles. The van der Waals surface area contributed by atoms with Crippen molar-refractivity contribution in [1.82, 2.24) is 14.3 Å². The van der Waals surface area contributed by atoms with Crippen LogP contribution in [0.3, 0.4) is 0 Å². The Morgan fingerprint density at radius 1 is 1.27 bits per heavy atom. The molecule has 1 fully saturated rings. The van der Waals surface area contributed by atoms with Crippen molar-refractivity contribution in [2.45, 2.75) is 31.9 Å². The number of aromatic nitrogens is 2. The summed E-state index contributed by atoms with van der Waals surface area (Å²) < 4.78 is 13.3. The second kappa shape index (κ2) is 9.42. The second-order valence-corrected chi connectivity index (χ2v) is 7.27. The van der Waals surface area contributed by atoms with E-state index in [0.717, 1.165) is 24.2 Å². The van der Waals surface area contributed by atoms with Gasteiger partial charge in [0.1, 0.15) is 18.0 Å². The zero-order valence-corrected chi connectivity index (χ0v) is 16.7. The van der Waals surface area contributed by atoms with Crippen LogP contribution in [0.15, 0.2) is 54.9 Å². The van der Waals surface area contributed by atoms with Crippen molar-refractivity contribution in [3.05, 3.63) is 66.1 Å². The highest BCUT2D eigenvalue weighted by atomic mass is 16.5. The third-order valence-corrected chi connectivity index (χ3v) is 5.24. The molecule has 7 nitrogen and oxygen atoms in total. The Morgan fingerprint density at radius 2 is 2.13 bits per heavy atom. The Bertz CT molecular complexity index is 1020. The van der Waals surface area contributed by atoms with E-state index >= 15 is 0 Å². The van der Waals surface area contributed by atoms with E-state index in [9.17, 15) is 4.79 Å². The fourth-order valence-corrected chi connectivity index (χ4v) is 3.72. The van der Waals surface area contributed by atoms with Crippen molar-refractivity contribution in [3.8, 4) is 11.8 Å². The molecule has 0 atom stereocenters. The Hall–Kier alpha value is -3.37. The summed E-state index contributed by atoms with van der Waals surface area (Å²) >= 11 is 0. The summed E-state index contributed by atoms with van der Waals surface area (Å²) in [6.07, 6.45) is 5.77. The van der Waals surface area contributed by atoms with Crippen LogP contribution in [0, 0.1) is 11.3 Å². The lowest BCUT2D eigenvalue weighted by Gasteiger charge is -2.34. The Morgan fingerprint density at radius 3 is 2.93 bits per heavy atom. The first-order valence-electron chi connectivity index (χ1n) is 10.2. The number of amides is 1. The monoisotopic (exact) mass is 404 g/mol. The summed E-state index contributed by atoms with van der Waals surface area (Å²) in [6, 6.07) is 15.3. The first-order valence-corrected chi connectivity index (χ1v) is 10.2. The number of benzene rings is 1. The number of fused-ring (bicyclic) bond motifs is 1. The second-order valence-electron chi connectivity index (χ2n) is 7.27. The number of ether oxygens (including phenoxy) is 2. The first kappa shape index (κ1) is 19.9. The Labute approximate surface area is 175 Å². The van der Waals surface area contributed by atoms with E-state index in [1.807, 2.05) is 52.0 Å². The van der Waals surface area contributed by atoms with Gasteiger partial charge in [0.15, 0.2) is 0 Å². The van der Waals surface area contributed by atoms with Crippen molar-refractivity contribution >= 4 is 11.6 Å². The zero-order chi connectivity index (χ0) is 20.8. The van der Waals surface area contributed by atoms with Crippen LogP contribution in [0.1, 0.15) is 35.3 Å². The normalized spacial score (nSPS) is 14.4. The molecule has 0 spiro atoms. The molecule has 0 N–H and O–H groups in total. The number of imidazole rings is 1. The van der Waals surface area contributed by atoms with E-state index in [4.69, 9.17) is 14.7 Å². The quantitative estimate of drug-likeness (QED) is 0.603. The van der Waals surface area contributed by atoms with Gasteiger partial charge in [0.25, 0.3) is 5.91 Å². The first-order chi connectivity index (χ1) is 14.7. The number of nitriles is 1. The highest BCUT2D eigenvalue weighted by Gasteiger charge is 2.26. The maximum absolute atomic E-state index is 13.2. The van der Waals surface area contributed by atoms with Crippen LogP contribution in [0.4, 0.5) is 0 Å².